The van der Waals surface area contributed by atoms with Gasteiger partial charge in [-0.1, -0.05) is 5.92 Å². The van der Waals surface area contributed by atoms with Gasteiger partial charge in [-0.2, -0.15) is 15.8 Å². The molecule has 0 aromatic heterocycles. The van der Waals surface area contributed by atoms with Crippen LogP contribution in [0, 0.1) is 81.9 Å². The number of nitriles is 3. The Morgan fingerprint density at radius 2 is 1.06 bits per heavy atom. The van der Waals surface area contributed by atoms with Crippen LogP contribution in [0.25, 0.3) is 0 Å². The molecule has 0 aliphatic rings. The molecule has 0 aliphatic carbocycles. The normalized spacial score (nSPS) is 5.00. The first kappa shape index (κ1) is 12.4. The highest BCUT2D eigenvalue weighted by molar-refractivity contribution is 5.61. The van der Waals surface area contributed by atoms with E-state index in [-0.39, 0.29) is 11.1 Å². The van der Waals surface area contributed by atoms with Crippen molar-refractivity contribution in [2.45, 2.75) is 0 Å². The molecule has 0 aliphatic heterocycles. The summed E-state index contributed by atoms with van der Waals surface area (Å²) in [7, 11) is 0. The van der Waals surface area contributed by atoms with E-state index in [1.165, 1.54) is 0 Å². The Hall–Kier alpha value is -3.55. The van der Waals surface area contributed by atoms with Crippen molar-refractivity contribution in [2.24, 2.45) is 0 Å². The molecule has 16 heavy (non-hydrogen) atoms. The number of rotatable bonds is 0. The van der Waals surface area contributed by atoms with E-state index in [0.29, 0.717) is 0 Å². The van der Waals surface area contributed by atoms with Gasteiger partial charge in [0, 0.05) is 17.8 Å². The van der Waals surface area contributed by atoms with Gasteiger partial charge >= 0.3 is 0 Å². The van der Waals surface area contributed by atoms with Gasteiger partial charge in [-0.25, -0.2) is 0 Å². The van der Waals surface area contributed by atoms with Crippen LogP contribution >= 0.6 is 0 Å². The predicted molar refractivity (Wildman–Crippen MR) is 56.0 cm³/mol. The fourth-order valence-electron chi connectivity index (χ4n) is 0.598. The van der Waals surface area contributed by atoms with Gasteiger partial charge in [-0.05, 0) is 17.8 Å². The van der Waals surface area contributed by atoms with Gasteiger partial charge in [0.25, 0.3) is 0 Å². The van der Waals surface area contributed by atoms with Gasteiger partial charge in [-0.3, -0.25) is 0 Å². The van der Waals surface area contributed by atoms with E-state index in [1.807, 2.05) is 0 Å². The minimum atomic E-state index is 0.0760. The monoisotopic (exact) mass is 199 g/mol. The second kappa shape index (κ2) is 8.07. The van der Waals surface area contributed by atoms with Crippen molar-refractivity contribution in [1.82, 2.24) is 0 Å². The topological polar surface area (TPSA) is 71.4 Å². The third-order valence-corrected chi connectivity index (χ3v) is 1.12. The molecule has 0 rings (SSSR count). The molecule has 0 aromatic rings. The van der Waals surface area contributed by atoms with E-state index in [4.69, 9.17) is 22.2 Å². The molecule has 3 heteroatoms. The van der Waals surface area contributed by atoms with Gasteiger partial charge in [0.1, 0.15) is 5.57 Å². The number of allylic oxidation sites excluding steroid dienone is 2. The predicted octanol–water partition coefficient (Wildman–Crippen LogP) is 0.497. The summed E-state index contributed by atoms with van der Waals surface area (Å²) in [5.74, 6) is 15.5. The highest BCUT2D eigenvalue weighted by Gasteiger charge is 1.95. The molecule has 0 saturated carbocycles. The molecule has 0 bridgehead atoms. The lowest BCUT2D eigenvalue weighted by Crippen LogP contribution is -1.82. The molecule has 0 unspecified atom stereocenters. The SMILES string of the molecule is C#CC(C#CC#N)=C(C#CC#N)C#CC#N. The highest BCUT2D eigenvalue weighted by Crippen LogP contribution is 2.00. The van der Waals surface area contributed by atoms with Crippen molar-refractivity contribution in [3.05, 3.63) is 11.1 Å². The minimum absolute atomic E-state index is 0.0760. The van der Waals surface area contributed by atoms with Crippen LogP contribution in [0.15, 0.2) is 11.1 Å². The molecule has 0 radical (unpaired) electrons. The summed E-state index contributed by atoms with van der Waals surface area (Å²) >= 11 is 0. The third-order valence-electron chi connectivity index (χ3n) is 1.12. The third kappa shape index (κ3) is 4.47. The average Bonchev–Trinajstić information content (AvgIpc) is 2.32. The summed E-state index contributed by atoms with van der Waals surface area (Å²) in [6, 6.07) is 4.75. The average molecular weight is 199 g/mol. The van der Waals surface area contributed by atoms with Crippen LogP contribution in [0.3, 0.4) is 0 Å². The van der Waals surface area contributed by atoms with Gasteiger partial charge in [0.2, 0.25) is 0 Å². The zero-order valence-electron chi connectivity index (χ0n) is 7.92. The molecular formula is C13HN3. The van der Waals surface area contributed by atoms with Crippen LogP contribution in [0.5, 0.6) is 0 Å². The fraction of sp³-hybridized carbons (Fsp3) is 0. The summed E-state index contributed by atoms with van der Waals surface area (Å²) in [4.78, 5) is 0. The summed E-state index contributed by atoms with van der Waals surface area (Å²) < 4.78 is 0. The summed E-state index contributed by atoms with van der Waals surface area (Å²) in [6.45, 7) is 0. The maximum absolute atomic E-state index is 8.27. The van der Waals surface area contributed by atoms with Crippen molar-refractivity contribution in [3.8, 4) is 66.1 Å². The summed E-state index contributed by atoms with van der Waals surface area (Å²) in [5, 5.41) is 24.8. The Kier molecular flexibility index (Phi) is 6.28. The first-order chi connectivity index (χ1) is 7.79. The van der Waals surface area contributed by atoms with Gasteiger partial charge in [0.15, 0.2) is 18.2 Å². The highest BCUT2D eigenvalue weighted by atomic mass is 14.2. The lowest BCUT2D eigenvalue weighted by atomic mass is 10.1. The van der Waals surface area contributed by atoms with E-state index in [0.717, 1.165) is 0 Å². The fourth-order valence-corrected chi connectivity index (χ4v) is 0.598. The lowest BCUT2D eigenvalue weighted by molar-refractivity contribution is 1.54. The van der Waals surface area contributed by atoms with E-state index in [2.05, 4.69) is 41.4 Å². The molecule has 68 valence electrons. The van der Waals surface area contributed by atoms with E-state index >= 15 is 0 Å². The Morgan fingerprint density at radius 1 is 0.688 bits per heavy atom. The summed E-state index contributed by atoms with van der Waals surface area (Å²) in [5.41, 5.74) is 0.153. The van der Waals surface area contributed by atoms with Crippen LogP contribution in [0.4, 0.5) is 0 Å². The van der Waals surface area contributed by atoms with E-state index in [9.17, 15) is 0 Å². The maximum Gasteiger partial charge on any atom is 0.152 e. The standard InChI is InChI=1S/C13HN3/c1-2-12(6-3-9-14)13(7-4-10-15)8-5-11-16/h1H. The zero-order valence-corrected chi connectivity index (χ0v) is 7.92. The largest absolute Gasteiger partial charge is 0.183 e. The smallest absolute Gasteiger partial charge is 0.152 e. The number of hydrogen-bond donors (Lipinski definition) is 0. The Bertz CT molecular complexity index is 627. The van der Waals surface area contributed by atoms with Crippen LogP contribution in [-0.4, -0.2) is 0 Å². The number of hydrogen-bond acceptors (Lipinski definition) is 3. The first-order valence-corrected chi connectivity index (χ1v) is 3.71. The molecular weight excluding hydrogens is 198 g/mol. The minimum Gasteiger partial charge on any atom is -0.183 e. The van der Waals surface area contributed by atoms with Crippen molar-refractivity contribution in [1.29, 1.82) is 15.8 Å². The second-order valence-corrected chi connectivity index (χ2v) is 1.98. The van der Waals surface area contributed by atoms with E-state index < -0.39 is 0 Å². The van der Waals surface area contributed by atoms with Crippen molar-refractivity contribution in [3.63, 3.8) is 0 Å². The second-order valence-electron chi connectivity index (χ2n) is 1.98. The van der Waals surface area contributed by atoms with Crippen LogP contribution in [0.1, 0.15) is 0 Å². The molecule has 0 amide bonds. The Labute approximate surface area is 93.6 Å². The van der Waals surface area contributed by atoms with Crippen molar-refractivity contribution < 1.29 is 0 Å². The van der Waals surface area contributed by atoms with Crippen LogP contribution < -0.4 is 0 Å². The van der Waals surface area contributed by atoms with Gasteiger partial charge in [-0.15, -0.1) is 6.42 Å². The quantitative estimate of drug-likeness (QED) is 0.533. The number of terminal acetylenes is 1. The molecule has 0 N–H and O–H groups in total. The van der Waals surface area contributed by atoms with E-state index in [1.54, 1.807) is 18.2 Å². The lowest BCUT2D eigenvalue weighted by Gasteiger charge is -1.87. The molecule has 0 atom stereocenters. The molecule has 0 fully saturated rings. The maximum atomic E-state index is 8.27. The van der Waals surface area contributed by atoms with Crippen LogP contribution in [-0.2, 0) is 0 Å². The molecule has 0 heterocycles. The molecule has 3 nitrogen and oxygen atoms in total. The van der Waals surface area contributed by atoms with Gasteiger partial charge < -0.3 is 0 Å². The molecule has 0 saturated heterocycles. The van der Waals surface area contributed by atoms with Crippen LogP contribution in [0.2, 0.25) is 0 Å². The first-order valence-electron chi connectivity index (χ1n) is 3.71. The Morgan fingerprint density at radius 3 is 1.38 bits per heavy atom. The molecule has 0 aromatic carbocycles. The molecule has 0 spiro atoms. The number of nitrogens with zero attached hydrogens (tertiary/aromatic N) is 3. The van der Waals surface area contributed by atoms with Crippen molar-refractivity contribution >= 4 is 0 Å². The Balaban J connectivity index is 5.75. The summed E-state index contributed by atoms with van der Waals surface area (Å²) in [6.07, 6.45) is 5.14. The van der Waals surface area contributed by atoms with Gasteiger partial charge in [0.05, 0.1) is 5.57 Å². The van der Waals surface area contributed by atoms with Crippen molar-refractivity contribution in [2.75, 3.05) is 0 Å². The zero-order chi connectivity index (χ0) is 12.2.